The van der Waals surface area contributed by atoms with E-state index in [4.69, 9.17) is 4.74 Å². The lowest BCUT2D eigenvalue weighted by molar-refractivity contribution is -0.142. The van der Waals surface area contributed by atoms with Crippen molar-refractivity contribution in [1.82, 2.24) is 25.5 Å². The molecule has 0 saturated heterocycles. The van der Waals surface area contributed by atoms with Crippen molar-refractivity contribution < 1.29 is 14.2 Å². The summed E-state index contributed by atoms with van der Waals surface area (Å²) in [6.45, 7) is 3.81. The number of ether oxygens (including phenoxy) is 1. The summed E-state index contributed by atoms with van der Waals surface area (Å²) in [6.07, 6.45) is 0.0468. The minimum atomic E-state index is -0.356. The van der Waals surface area contributed by atoms with Gasteiger partial charge in [-0.05, 0) is 19.0 Å². The molecule has 0 unspecified atom stereocenters. The molecule has 0 radical (unpaired) electrons. The quantitative estimate of drug-likeness (QED) is 0.760. The van der Waals surface area contributed by atoms with E-state index < -0.39 is 0 Å². The third kappa shape index (κ3) is 2.47. The van der Waals surface area contributed by atoms with E-state index in [0.29, 0.717) is 29.6 Å². The molecule has 17 heavy (non-hydrogen) atoms. The van der Waals surface area contributed by atoms with E-state index in [0.717, 1.165) is 0 Å². The monoisotopic (exact) mass is 237 g/mol. The van der Waals surface area contributed by atoms with Crippen molar-refractivity contribution in [2.24, 2.45) is 0 Å². The SMILES string of the molecule is CCOC(=O)Cc1nc(-c2nonc2C)n[nH]1. The van der Waals surface area contributed by atoms with Crippen LogP contribution in [0.3, 0.4) is 0 Å². The first-order valence-corrected chi connectivity index (χ1v) is 5.07. The highest BCUT2D eigenvalue weighted by Gasteiger charge is 2.15. The second kappa shape index (κ2) is 4.73. The summed E-state index contributed by atoms with van der Waals surface area (Å²) in [7, 11) is 0. The van der Waals surface area contributed by atoms with Crippen LogP contribution in [0.25, 0.3) is 11.5 Å². The first kappa shape index (κ1) is 11.2. The molecule has 1 N–H and O–H groups in total. The summed E-state index contributed by atoms with van der Waals surface area (Å²) < 4.78 is 9.34. The van der Waals surface area contributed by atoms with Crippen molar-refractivity contribution in [2.75, 3.05) is 6.61 Å². The maximum absolute atomic E-state index is 11.2. The lowest BCUT2D eigenvalue weighted by atomic mass is 10.3. The molecule has 0 aliphatic carbocycles. The highest BCUT2D eigenvalue weighted by molar-refractivity contribution is 5.71. The van der Waals surface area contributed by atoms with Gasteiger partial charge in [-0.25, -0.2) is 9.61 Å². The molecule has 8 nitrogen and oxygen atoms in total. The summed E-state index contributed by atoms with van der Waals surface area (Å²) in [5.41, 5.74) is 1.04. The minimum absolute atomic E-state index is 0.0468. The molecular weight excluding hydrogens is 226 g/mol. The summed E-state index contributed by atoms with van der Waals surface area (Å²) in [4.78, 5) is 15.3. The van der Waals surface area contributed by atoms with Gasteiger partial charge in [-0.2, -0.15) is 5.10 Å². The second-order valence-electron chi connectivity index (χ2n) is 3.29. The number of nitrogens with zero attached hydrogens (tertiary/aromatic N) is 4. The molecule has 2 heterocycles. The molecule has 0 saturated carbocycles. The molecule has 2 aromatic heterocycles. The van der Waals surface area contributed by atoms with Gasteiger partial charge in [0.15, 0.2) is 5.69 Å². The van der Waals surface area contributed by atoms with Gasteiger partial charge >= 0.3 is 5.97 Å². The van der Waals surface area contributed by atoms with Crippen molar-refractivity contribution in [3.05, 3.63) is 11.5 Å². The predicted octanol–water partition coefficient (Wildman–Crippen LogP) is 0.269. The molecular formula is C9H11N5O3. The summed E-state index contributed by atoms with van der Waals surface area (Å²) in [5.74, 6) is 0.411. The Balaban J connectivity index is 2.11. The number of carbonyl (C=O) groups excluding carboxylic acids is 1. The van der Waals surface area contributed by atoms with Crippen LogP contribution in [0.4, 0.5) is 0 Å². The van der Waals surface area contributed by atoms with Crippen molar-refractivity contribution in [1.29, 1.82) is 0 Å². The highest BCUT2D eigenvalue weighted by Crippen LogP contribution is 2.14. The predicted molar refractivity (Wildman–Crippen MR) is 54.7 cm³/mol. The average Bonchev–Trinajstić information content (AvgIpc) is 2.87. The number of hydrogen-bond donors (Lipinski definition) is 1. The highest BCUT2D eigenvalue weighted by atomic mass is 16.6. The lowest BCUT2D eigenvalue weighted by Crippen LogP contribution is -2.08. The number of rotatable bonds is 4. The minimum Gasteiger partial charge on any atom is -0.466 e. The number of H-pyrrole nitrogens is 1. The third-order valence-corrected chi connectivity index (χ3v) is 2.01. The molecule has 0 spiro atoms. The number of carbonyl (C=O) groups is 1. The first-order valence-electron chi connectivity index (χ1n) is 5.07. The number of aryl methyl sites for hydroxylation is 1. The standard InChI is InChI=1S/C9H11N5O3/c1-3-16-7(15)4-6-10-9(12-11-6)8-5(2)13-17-14-8/h3-4H2,1-2H3,(H,10,11,12). The van der Waals surface area contributed by atoms with E-state index in [-0.39, 0.29) is 12.4 Å². The fourth-order valence-electron chi connectivity index (χ4n) is 1.26. The molecule has 2 aromatic rings. The zero-order valence-electron chi connectivity index (χ0n) is 9.43. The van der Waals surface area contributed by atoms with E-state index in [1.807, 2.05) is 0 Å². The Morgan fingerprint density at radius 2 is 2.29 bits per heavy atom. The lowest BCUT2D eigenvalue weighted by Gasteiger charge is -1.97. The van der Waals surface area contributed by atoms with Gasteiger partial charge in [-0.3, -0.25) is 9.89 Å². The van der Waals surface area contributed by atoms with Crippen LogP contribution in [0.1, 0.15) is 18.4 Å². The molecule has 8 heteroatoms. The Bertz CT molecular complexity index is 518. The molecule has 0 aliphatic rings. The first-order chi connectivity index (χ1) is 8.20. The Hall–Kier alpha value is -2.25. The van der Waals surface area contributed by atoms with E-state index >= 15 is 0 Å². The van der Waals surface area contributed by atoms with Crippen molar-refractivity contribution in [3.8, 4) is 11.5 Å². The van der Waals surface area contributed by atoms with Crippen LogP contribution in [0.15, 0.2) is 4.63 Å². The zero-order valence-corrected chi connectivity index (χ0v) is 9.43. The molecule has 0 aliphatic heterocycles. The van der Waals surface area contributed by atoms with Crippen molar-refractivity contribution in [3.63, 3.8) is 0 Å². The van der Waals surface area contributed by atoms with Crippen LogP contribution in [-0.2, 0) is 16.0 Å². The van der Waals surface area contributed by atoms with Crippen molar-refractivity contribution >= 4 is 5.97 Å². The van der Waals surface area contributed by atoms with Gasteiger partial charge in [-0.1, -0.05) is 5.16 Å². The number of hydrogen-bond acceptors (Lipinski definition) is 7. The van der Waals surface area contributed by atoms with Crippen LogP contribution < -0.4 is 0 Å². The van der Waals surface area contributed by atoms with E-state index in [9.17, 15) is 4.79 Å². The third-order valence-electron chi connectivity index (χ3n) is 2.01. The van der Waals surface area contributed by atoms with E-state index in [1.54, 1.807) is 13.8 Å². The van der Waals surface area contributed by atoms with Crippen LogP contribution >= 0.6 is 0 Å². The normalized spacial score (nSPS) is 10.5. The number of nitrogens with one attached hydrogen (secondary N) is 1. The Labute approximate surface area is 96.3 Å². The van der Waals surface area contributed by atoms with Gasteiger partial charge < -0.3 is 4.74 Å². The maximum atomic E-state index is 11.2. The van der Waals surface area contributed by atoms with Gasteiger partial charge in [0.05, 0.1) is 6.61 Å². The van der Waals surface area contributed by atoms with E-state index in [1.165, 1.54) is 0 Å². The Morgan fingerprint density at radius 3 is 2.94 bits per heavy atom. The van der Waals surface area contributed by atoms with Gasteiger partial charge in [-0.15, -0.1) is 0 Å². The molecule has 0 fully saturated rings. The summed E-state index contributed by atoms with van der Waals surface area (Å²) in [5, 5.41) is 13.9. The smallest absolute Gasteiger partial charge is 0.313 e. The zero-order chi connectivity index (χ0) is 12.3. The molecule has 0 amide bonds. The van der Waals surface area contributed by atoms with Crippen LogP contribution in [-0.4, -0.2) is 38.1 Å². The molecule has 0 atom stereocenters. The molecule has 0 bridgehead atoms. The fourth-order valence-corrected chi connectivity index (χ4v) is 1.26. The van der Waals surface area contributed by atoms with E-state index in [2.05, 4.69) is 30.1 Å². The molecule has 90 valence electrons. The van der Waals surface area contributed by atoms with Crippen molar-refractivity contribution in [2.45, 2.75) is 20.3 Å². The summed E-state index contributed by atoms with van der Waals surface area (Å²) >= 11 is 0. The van der Waals surface area contributed by atoms with Crippen LogP contribution in [0, 0.1) is 6.92 Å². The molecule has 2 rings (SSSR count). The Morgan fingerprint density at radius 1 is 1.47 bits per heavy atom. The largest absolute Gasteiger partial charge is 0.466 e. The van der Waals surface area contributed by atoms with Gasteiger partial charge in [0.2, 0.25) is 5.82 Å². The summed E-state index contributed by atoms with van der Waals surface area (Å²) in [6, 6.07) is 0. The number of aromatic amines is 1. The van der Waals surface area contributed by atoms with Gasteiger partial charge in [0, 0.05) is 0 Å². The number of aromatic nitrogens is 5. The fraction of sp³-hybridized carbons (Fsp3) is 0.444. The molecule has 0 aromatic carbocycles. The maximum Gasteiger partial charge on any atom is 0.313 e. The topological polar surface area (TPSA) is 107 Å². The van der Waals surface area contributed by atoms with Gasteiger partial charge in [0.1, 0.15) is 17.9 Å². The number of esters is 1. The van der Waals surface area contributed by atoms with Crippen LogP contribution in [0.2, 0.25) is 0 Å². The van der Waals surface area contributed by atoms with Crippen LogP contribution in [0.5, 0.6) is 0 Å². The second-order valence-corrected chi connectivity index (χ2v) is 3.29. The Kier molecular flexibility index (Phi) is 3.12. The van der Waals surface area contributed by atoms with Gasteiger partial charge in [0.25, 0.3) is 0 Å². The average molecular weight is 237 g/mol.